The van der Waals surface area contributed by atoms with Crippen LogP contribution in [0.4, 0.5) is 10.2 Å². The minimum absolute atomic E-state index is 0.0904. The van der Waals surface area contributed by atoms with Crippen LogP contribution in [-0.4, -0.2) is 42.9 Å². The highest BCUT2D eigenvalue weighted by molar-refractivity contribution is 5.88. The van der Waals surface area contributed by atoms with Crippen LogP contribution >= 0.6 is 0 Å². The van der Waals surface area contributed by atoms with Gasteiger partial charge >= 0.3 is 5.97 Å². The predicted molar refractivity (Wildman–Crippen MR) is 67.9 cm³/mol. The minimum atomic E-state index is -1.28. The van der Waals surface area contributed by atoms with Crippen LogP contribution in [0, 0.1) is 5.82 Å². The molecule has 0 bridgehead atoms. The summed E-state index contributed by atoms with van der Waals surface area (Å²) in [5, 5.41) is 8.89. The summed E-state index contributed by atoms with van der Waals surface area (Å²) >= 11 is 0. The van der Waals surface area contributed by atoms with Gasteiger partial charge in [0.25, 0.3) is 0 Å². The fourth-order valence-electron chi connectivity index (χ4n) is 2.04. The Morgan fingerprint density at radius 2 is 2.42 bits per heavy atom. The topological polar surface area (TPSA) is 62.7 Å². The van der Waals surface area contributed by atoms with Gasteiger partial charge in [-0.25, -0.2) is 14.2 Å². The normalized spacial score (nSPS) is 15.3. The molecule has 0 aliphatic carbocycles. The van der Waals surface area contributed by atoms with Crippen LogP contribution in [-0.2, 0) is 4.74 Å². The number of hydrogen-bond acceptors (Lipinski definition) is 4. The third-order valence-electron chi connectivity index (χ3n) is 3.03. The predicted octanol–water partition coefficient (Wildman–Crippen LogP) is 1.70. The van der Waals surface area contributed by atoms with Crippen molar-refractivity contribution < 1.29 is 19.0 Å². The number of aromatic nitrogens is 1. The van der Waals surface area contributed by atoms with E-state index in [1.54, 1.807) is 12.0 Å². The van der Waals surface area contributed by atoms with Gasteiger partial charge < -0.3 is 14.7 Å². The molecule has 0 radical (unpaired) electrons. The van der Waals surface area contributed by atoms with Crippen LogP contribution in [0.2, 0.25) is 0 Å². The second-order valence-electron chi connectivity index (χ2n) is 4.29. The van der Waals surface area contributed by atoms with Gasteiger partial charge in [0.2, 0.25) is 0 Å². The Bertz CT molecular complexity index is 517. The van der Waals surface area contributed by atoms with Gasteiger partial charge in [0.15, 0.2) is 11.6 Å². The van der Waals surface area contributed by atoms with Gasteiger partial charge in [-0.1, -0.05) is 6.08 Å². The van der Waals surface area contributed by atoms with Gasteiger partial charge in [0.05, 0.1) is 6.61 Å². The molecular weight excluding hydrogens is 251 g/mol. The van der Waals surface area contributed by atoms with E-state index in [-0.39, 0.29) is 11.4 Å². The second-order valence-corrected chi connectivity index (χ2v) is 4.29. The molecule has 19 heavy (non-hydrogen) atoms. The maximum absolute atomic E-state index is 14.0. The van der Waals surface area contributed by atoms with Gasteiger partial charge in [-0.2, -0.15) is 0 Å². The zero-order valence-electron chi connectivity index (χ0n) is 10.6. The van der Waals surface area contributed by atoms with E-state index in [0.29, 0.717) is 19.7 Å². The van der Waals surface area contributed by atoms with Gasteiger partial charge in [-0.05, 0) is 18.1 Å². The number of ether oxygens (including phenoxy) is 1. The standard InChI is InChI=1S/C13H15FN2O3/c1-19-8-9-3-6-16(7-4-9)12-11(14)10(13(17)18)2-5-15-12/h2-3,5H,4,6-8H2,1H3,(H,17,18). The first-order chi connectivity index (χ1) is 9.13. The molecule has 2 rings (SSSR count). The molecule has 5 nitrogen and oxygen atoms in total. The van der Waals surface area contributed by atoms with E-state index in [0.717, 1.165) is 18.1 Å². The number of aromatic carboxylic acids is 1. The number of carbonyl (C=O) groups is 1. The Morgan fingerprint density at radius 1 is 1.63 bits per heavy atom. The van der Waals surface area contributed by atoms with Crippen LogP contribution in [0.25, 0.3) is 0 Å². The van der Waals surface area contributed by atoms with Crippen LogP contribution in [0.1, 0.15) is 16.8 Å². The van der Waals surface area contributed by atoms with Crippen molar-refractivity contribution in [3.05, 3.63) is 35.3 Å². The van der Waals surface area contributed by atoms with E-state index in [4.69, 9.17) is 9.84 Å². The molecule has 0 saturated carbocycles. The lowest BCUT2D eigenvalue weighted by Gasteiger charge is -2.27. The number of pyridine rings is 1. The van der Waals surface area contributed by atoms with Gasteiger partial charge in [-0.3, -0.25) is 0 Å². The summed E-state index contributed by atoms with van der Waals surface area (Å²) in [5.74, 6) is -1.97. The number of anilines is 1. The number of nitrogens with zero attached hydrogens (tertiary/aromatic N) is 2. The Labute approximate surface area is 110 Å². The molecule has 0 atom stereocenters. The molecule has 0 aromatic carbocycles. The van der Waals surface area contributed by atoms with Crippen molar-refractivity contribution in [1.82, 2.24) is 4.98 Å². The summed E-state index contributed by atoms with van der Waals surface area (Å²) in [7, 11) is 1.63. The maximum Gasteiger partial charge on any atom is 0.338 e. The van der Waals surface area contributed by atoms with E-state index in [2.05, 4.69) is 4.98 Å². The maximum atomic E-state index is 14.0. The minimum Gasteiger partial charge on any atom is -0.478 e. The van der Waals surface area contributed by atoms with Crippen molar-refractivity contribution >= 4 is 11.8 Å². The van der Waals surface area contributed by atoms with Gasteiger partial charge in [-0.15, -0.1) is 0 Å². The lowest BCUT2D eigenvalue weighted by molar-refractivity contribution is 0.0691. The van der Waals surface area contributed by atoms with E-state index in [1.165, 1.54) is 6.20 Å². The summed E-state index contributed by atoms with van der Waals surface area (Å²) in [6.07, 6.45) is 4.03. The Balaban J connectivity index is 2.20. The monoisotopic (exact) mass is 266 g/mol. The van der Waals surface area contributed by atoms with Crippen molar-refractivity contribution in [2.75, 3.05) is 31.7 Å². The fourth-order valence-corrected chi connectivity index (χ4v) is 2.04. The fraction of sp³-hybridized carbons (Fsp3) is 0.385. The van der Waals surface area contributed by atoms with Crippen molar-refractivity contribution in [1.29, 1.82) is 0 Å². The molecule has 0 unspecified atom stereocenters. The third-order valence-corrected chi connectivity index (χ3v) is 3.03. The first-order valence-corrected chi connectivity index (χ1v) is 5.93. The molecule has 0 fully saturated rings. The lowest BCUT2D eigenvalue weighted by Crippen LogP contribution is -2.31. The first kappa shape index (κ1) is 13.5. The zero-order valence-corrected chi connectivity index (χ0v) is 10.6. The summed E-state index contributed by atoms with van der Waals surface area (Å²) < 4.78 is 19.1. The van der Waals surface area contributed by atoms with Crippen molar-refractivity contribution in [3.63, 3.8) is 0 Å². The van der Waals surface area contributed by atoms with E-state index < -0.39 is 11.8 Å². The molecule has 1 aliphatic heterocycles. The van der Waals surface area contributed by atoms with E-state index >= 15 is 0 Å². The molecule has 1 aliphatic rings. The summed E-state index contributed by atoms with van der Waals surface area (Å²) in [6.45, 7) is 1.67. The molecule has 1 aromatic rings. The number of methoxy groups -OCH3 is 1. The largest absolute Gasteiger partial charge is 0.478 e. The molecule has 0 amide bonds. The summed E-state index contributed by atoms with van der Waals surface area (Å²) in [4.78, 5) is 16.5. The average molecular weight is 266 g/mol. The van der Waals surface area contributed by atoms with Crippen LogP contribution in [0.15, 0.2) is 23.9 Å². The molecular formula is C13H15FN2O3. The average Bonchev–Trinajstić information content (AvgIpc) is 2.40. The van der Waals surface area contributed by atoms with Crippen LogP contribution in [0.5, 0.6) is 0 Å². The number of halogens is 1. The van der Waals surface area contributed by atoms with E-state index in [9.17, 15) is 9.18 Å². The molecule has 1 N–H and O–H groups in total. The molecule has 1 aromatic heterocycles. The third kappa shape index (κ3) is 2.90. The number of carboxylic acids is 1. The number of carboxylic acid groups (broad SMARTS) is 1. The van der Waals surface area contributed by atoms with E-state index in [1.807, 2.05) is 6.08 Å². The highest BCUT2D eigenvalue weighted by Gasteiger charge is 2.21. The van der Waals surface area contributed by atoms with Crippen molar-refractivity contribution in [2.24, 2.45) is 0 Å². The smallest absolute Gasteiger partial charge is 0.338 e. The highest BCUT2D eigenvalue weighted by atomic mass is 19.1. The number of hydrogen-bond donors (Lipinski definition) is 1. The molecule has 6 heteroatoms. The van der Waals surface area contributed by atoms with Crippen molar-refractivity contribution in [3.8, 4) is 0 Å². The SMILES string of the molecule is COCC1=CCN(c2nccc(C(=O)O)c2F)CC1. The Kier molecular flexibility index (Phi) is 4.11. The Morgan fingerprint density at radius 3 is 3.00 bits per heavy atom. The van der Waals surface area contributed by atoms with Gasteiger partial charge in [0.1, 0.15) is 5.56 Å². The molecule has 102 valence electrons. The number of rotatable bonds is 4. The first-order valence-electron chi connectivity index (χ1n) is 5.93. The lowest BCUT2D eigenvalue weighted by atomic mass is 10.1. The quantitative estimate of drug-likeness (QED) is 0.840. The Hall–Kier alpha value is -1.95. The van der Waals surface area contributed by atoms with Crippen LogP contribution in [0.3, 0.4) is 0 Å². The second kappa shape index (κ2) is 5.79. The van der Waals surface area contributed by atoms with Gasteiger partial charge in [0, 0.05) is 26.4 Å². The molecule has 0 saturated heterocycles. The zero-order chi connectivity index (χ0) is 13.8. The van der Waals surface area contributed by atoms with Crippen LogP contribution < -0.4 is 4.90 Å². The molecule has 0 spiro atoms. The summed E-state index contributed by atoms with van der Waals surface area (Å²) in [5.41, 5.74) is 0.810. The molecule has 2 heterocycles. The highest BCUT2D eigenvalue weighted by Crippen LogP contribution is 2.22. The summed E-state index contributed by atoms with van der Waals surface area (Å²) in [6, 6.07) is 1.16. The van der Waals surface area contributed by atoms with Crippen molar-refractivity contribution in [2.45, 2.75) is 6.42 Å².